The smallest absolute Gasteiger partial charge is 0.273 e. The van der Waals surface area contributed by atoms with E-state index in [2.05, 4.69) is 10.5 Å². The zero-order chi connectivity index (χ0) is 15.4. The van der Waals surface area contributed by atoms with Gasteiger partial charge < -0.3 is 14.6 Å². The number of hydrogen-bond donors (Lipinski definition) is 1. The van der Waals surface area contributed by atoms with Crippen LogP contribution >= 0.6 is 23.2 Å². The van der Waals surface area contributed by atoms with Gasteiger partial charge in [-0.1, -0.05) is 28.4 Å². The van der Waals surface area contributed by atoms with Crippen LogP contribution in [0.15, 0.2) is 28.8 Å². The molecule has 1 aromatic carbocycles. The van der Waals surface area contributed by atoms with Crippen molar-refractivity contribution in [2.45, 2.75) is 13.0 Å². The van der Waals surface area contributed by atoms with E-state index in [-0.39, 0.29) is 17.6 Å². The van der Waals surface area contributed by atoms with Crippen LogP contribution in [0.3, 0.4) is 0 Å². The molecule has 0 fully saturated rings. The largest absolute Gasteiger partial charge is 0.383 e. The Hall–Kier alpha value is -1.56. The van der Waals surface area contributed by atoms with Crippen molar-refractivity contribution in [3.63, 3.8) is 0 Å². The molecular weight excluding hydrogens is 315 g/mol. The average Bonchev–Trinajstić information content (AvgIpc) is 2.92. The second-order valence-corrected chi connectivity index (χ2v) is 5.35. The molecule has 1 N–H and O–H groups in total. The molecule has 0 aliphatic carbocycles. The van der Waals surface area contributed by atoms with Gasteiger partial charge in [0.25, 0.3) is 5.91 Å². The van der Waals surface area contributed by atoms with Crippen molar-refractivity contribution in [3.8, 4) is 11.3 Å². The summed E-state index contributed by atoms with van der Waals surface area (Å²) in [5.74, 6) is 0.118. The second-order valence-electron chi connectivity index (χ2n) is 4.54. The first-order valence-corrected chi connectivity index (χ1v) is 6.98. The number of hydrogen-bond acceptors (Lipinski definition) is 4. The fraction of sp³-hybridized carbons (Fsp3) is 0.286. The summed E-state index contributed by atoms with van der Waals surface area (Å²) in [5.41, 5.74) is 0.889. The molecule has 1 aromatic heterocycles. The van der Waals surface area contributed by atoms with Gasteiger partial charge >= 0.3 is 0 Å². The van der Waals surface area contributed by atoms with Crippen LogP contribution in [-0.4, -0.2) is 30.8 Å². The van der Waals surface area contributed by atoms with Gasteiger partial charge in [-0.25, -0.2) is 0 Å². The summed E-state index contributed by atoms with van der Waals surface area (Å²) in [7, 11) is 1.57. The molecule has 1 amide bonds. The van der Waals surface area contributed by atoms with Crippen molar-refractivity contribution in [1.29, 1.82) is 0 Å². The molecule has 0 saturated carbocycles. The van der Waals surface area contributed by atoms with Gasteiger partial charge in [0.05, 0.1) is 16.7 Å². The highest BCUT2D eigenvalue weighted by molar-refractivity contribution is 6.42. The molecule has 0 saturated heterocycles. The summed E-state index contributed by atoms with van der Waals surface area (Å²) in [4.78, 5) is 12.0. The summed E-state index contributed by atoms with van der Waals surface area (Å²) in [6.07, 6.45) is 0. The predicted octanol–water partition coefficient (Wildman–Crippen LogP) is 3.41. The molecule has 7 heteroatoms. The first kappa shape index (κ1) is 15.8. The van der Waals surface area contributed by atoms with Crippen molar-refractivity contribution in [2.24, 2.45) is 0 Å². The van der Waals surface area contributed by atoms with Gasteiger partial charge in [0.15, 0.2) is 11.5 Å². The maximum Gasteiger partial charge on any atom is 0.273 e. The first-order valence-electron chi connectivity index (χ1n) is 6.23. The van der Waals surface area contributed by atoms with Crippen molar-refractivity contribution in [3.05, 3.63) is 40.0 Å². The lowest BCUT2D eigenvalue weighted by molar-refractivity contribution is 0.0896. The molecule has 0 bridgehead atoms. The highest BCUT2D eigenvalue weighted by Crippen LogP contribution is 2.28. The number of benzene rings is 1. The zero-order valence-electron chi connectivity index (χ0n) is 11.5. The minimum atomic E-state index is -0.324. The lowest BCUT2D eigenvalue weighted by Crippen LogP contribution is -2.35. The molecule has 0 radical (unpaired) electrons. The minimum absolute atomic E-state index is 0.118. The maximum absolute atomic E-state index is 12.0. The number of rotatable bonds is 5. The molecule has 1 heterocycles. The number of nitrogens with zero attached hydrogens (tertiary/aromatic N) is 1. The third kappa shape index (κ3) is 3.97. The SMILES string of the molecule is COC[C@@H](C)NC(=O)c1cc(-c2ccc(Cl)c(Cl)c2)on1. The highest BCUT2D eigenvalue weighted by atomic mass is 35.5. The van der Waals surface area contributed by atoms with E-state index >= 15 is 0 Å². The van der Waals surface area contributed by atoms with Crippen LogP contribution in [-0.2, 0) is 4.74 Å². The topological polar surface area (TPSA) is 64.4 Å². The van der Waals surface area contributed by atoms with Crippen LogP contribution in [0.4, 0.5) is 0 Å². The van der Waals surface area contributed by atoms with E-state index in [0.717, 1.165) is 0 Å². The second kappa shape index (κ2) is 6.93. The molecular formula is C14H14Cl2N2O3. The molecule has 0 aliphatic heterocycles. The van der Waals surface area contributed by atoms with Gasteiger partial charge in [-0.3, -0.25) is 4.79 Å². The molecule has 21 heavy (non-hydrogen) atoms. The van der Waals surface area contributed by atoms with E-state index < -0.39 is 0 Å². The average molecular weight is 329 g/mol. The van der Waals surface area contributed by atoms with Gasteiger partial charge in [0.2, 0.25) is 0 Å². The molecule has 0 spiro atoms. The Kier molecular flexibility index (Phi) is 5.22. The third-order valence-corrected chi connectivity index (χ3v) is 3.48. The van der Waals surface area contributed by atoms with Gasteiger partial charge in [-0.05, 0) is 25.1 Å². The van der Waals surface area contributed by atoms with Crippen LogP contribution in [0.1, 0.15) is 17.4 Å². The number of methoxy groups -OCH3 is 1. The molecule has 0 unspecified atom stereocenters. The quantitative estimate of drug-likeness (QED) is 0.913. The number of nitrogens with one attached hydrogen (secondary N) is 1. The molecule has 1 atom stereocenters. The third-order valence-electron chi connectivity index (χ3n) is 2.74. The maximum atomic E-state index is 12.0. The number of ether oxygens (including phenoxy) is 1. The summed E-state index contributed by atoms with van der Waals surface area (Å²) in [6, 6.07) is 6.48. The van der Waals surface area contributed by atoms with E-state index in [9.17, 15) is 4.79 Å². The minimum Gasteiger partial charge on any atom is -0.383 e. The lowest BCUT2D eigenvalue weighted by Gasteiger charge is -2.10. The molecule has 0 aliphatic rings. The summed E-state index contributed by atoms with van der Waals surface area (Å²) < 4.78 is 10.1. The fourth-order valence-corrected chi connectivity index (χ4v) is 2.06. The molecule has 5 nitrogen and oxygen atoms in total. The monoisotopic (exact) mass is 328 g/mol. The van der Waals surface area contributed by atoms with Crippen molar-refractivity contribution >= 4 is 29.1 Å². The Morgan fingerprint density at radius 2 is 2.14 bits per heavy atom. The Labute approximate surface area is 132 Å². The molecule has 2 rings (SSSR count). The van der Waals surface area contributed by atoms with E-state index in [1.54, 1.807) is 31.4 Å². The number of carbonyl (C=O) groups excluding carboxylic acids is 1. The van der Waals surface area contributed by atoms with Crippen LogP contribution in [0.5, 0.6) is 0 Å². The number of aromatic nitrogens is 1. The van der Waals surface area contributed by atoms with Gasteiger partial charge in [0, 0.05) is 24.8 Å². The van der Waals surface area contributed by atoms with Crippen LogP contribution in [0, 0.1) is 0 Å². The Balaban J connectivity index is 2.13. The number of carbonyl (C=O) groups is 1. The lowest BCUT2D eigenvalue weighted by atomic mass is 10.1. The Bertz CT molecular complexity index is 643. The molecule has 112 valence electrons. The van der Waals surface area contributed by atoms with Gasteiger partial charge in [0.1, 0.15) is 0 Å². The zero-order valence-corrected chi connectivity index (χ0v) is 13.0. The van der Waals surface area contributed by atoms with Gasteiger partial charge in [-0.15, -0.1) is 0 Å². The van der Waals surface area contributed by atoms with E-state index in [1.807, 2.05) is 6.92 Å². The van der Waals surface area contributed by atoms with E-state index in [0.29, 0.717) is 28.0 Å². The normalized spacial score (nSPS) is 12.2. The summed E-state index contributed by atoms with van der Waals surface area (Å²) in [6.45, 7) is 2.25. The van der Waals surface area contributed by atoms with Gasteiger partial charge in [-0.2, -0.15) is 0 Å². The van der Waals surface area contributed by atoms with Crippen molar-refractivity contribution in [1.82, 2.24) is 10.5 Å². The Morgan fingerprint density at radius 3 is 2.81 bits per heavy atom. The number of amides is 1. The first-order chi connectivity index (χ1) is 10.0. The van der Waals surface area contributed by atoms with E-state index in [1.165, 1.54) is 0 Å². The van der Waals surface area contributed by atoms with Crippen molar-refractivity contribution in [2.75, 3.05) is 13.7 Å². The highest BCUT2D eigenvalue weighted by Gasteiger charge is 2.16. The molecule has 2 aromatic rings. The summed E-state index contributed by atoms with van der Waals surface area (Å²) in [5, 5.41) is 7.36. The van der Waals surface area contributed by atoms with Crippen LogP contribution in [0.2, 0.25) is 10.0 Å². The number of halogens is 2. The standard InChI is InChI=1S/C14H14Cl2N2O3/c1-8(7-20-2)17-14(19)12-6-13(21-18-12)9-3-4-10(15)11(16)5-9/h3-6,8H,7H2,1-2H3,(H,17,19)/t8-/m1/s1. The van der Waals surface area contributed by atoms with Crippen LogP contribution < -0.4 is 5.32 Å². The fourth-order valence-electron chi connectivity index (χ4n) is 1.76. The summed E-state index contributed by atoms with van der Waals surface area (Å²) >= 11 is 11.8. The predicted molar refractivity (Wildman–Crippen MR) is 80.8 cm³/mol. The van der Waals surface area contributed by atoms with E-state index in [4.69, 9.17) is 32.5 Å². The van der Waals surface area contributed by atoms with Crippen molar-refractivity contribution < 1.29 is 14.1 Å². The van der Waals surface area contributed by atoms with Crippen LogP contribution in [0.25, 0.3) is 11.3 Å². The Morgan fingerprint density at radius 1 is 1.38 bits per heavy atom.